The predicted octanol–water partition coefficient (Wildman–Crippen LogP) is 4.73. The second kappa shape index (κ2) is 9.58. The van der Waals surface area contributed by atoms with Crippen molar-refractivity contribution >= 4 is 34.3 Å². The van der Waals surface area contributed by atoms with Gasteiger partial charge < -0.3 is 15.0 Å². The molecule has 4 aromatic rings. The van der Waals surface area contributed by atoms with Crippen LogP contribution in [-0.4, -0.2) is 44.1 Å². The van der Waals surface area contributed by atoms with Crippen LogP contribution in [0.25, 0.3) is 22.3 Å². The Labute approximate surface area is 190 Å². The van der Waals surface area contributed by atoms with Gasteiger partial charge in [-0.2, -0.15) is 0 Å². The zero-order chi connectivity index (χ0) is 21.8. The van der Waals surface area contributed by atoms with Gasteiger partial charge in [-0.15, -0.1) is 10.2 Å². The lowest BCUT2D eigenvalue weighted by molar-refractivity contribution is -0.115. The van der Waals surface area contributed by atoms with Gasteiger partial charge in [0.15, 0.2) is 11.0 Å². The Bertz CT molecular complexity index is 1200. The molecule has 1 unspecified atom stereocenters. The van der Waals surface area contributed by atoms with Crippen molar-refractivity contribution in [3.63, 3.8) is 0 Å². The van der Waals surface area contributed by atoms with Crippen LogP contribution in [0.2, 0.25) is 0 Å². The lowest BCUT2D eigenvalue weighted by atomic mass is 10.1. The summed E-state index contributed by atoms with van der Waals surface area (Å²) < 4.78 is 8.04. The predicted molar refractivity (Wildman–Crippen MR) is 127 cm³/mol. The molecule has 7 nitrogen and oxygen atoms in total. The van der Waals surface area contributed by atoms with Crippen molar-refractivity contribution in [2.24, 2.45) is 0 Å². The lowest BCUT2D eigenvalue weighted by Crippen LogP contribution is -2.17. The van der Waals surface area contributed by atoms with Gasteiger partial charge >= 0.3 is 0 Å². The van der Waals surface area contributed by atoms with Gasteiger partial charge in [-0.25, -0.2) is 0 Å². The maximum Gasteiger partial charge on any atom is 0.225 e. The minimum absolute atomic E-state index is 0.00857. The Kier molecular flexibility index (Phi) is 6.22. The maximum absolute atomic E-state index is 12.3. The largest absolute Gasteiger partial charge is 0.376 e. The molecule has 2 N–H and O–H groups in total. The first-order chi connectivity index (χ1) is 15.8. The van der Waals surface area contributed by atoms with Crippen LogP contribution in [0, 0.1) is 0 Å². The van der Waals surface area contributed by atoms with Crippen LogP contribution < -0.4 is 5.32 Å². The van der Waals surface area contributed by atoms with E-state index in [1.165, 1.54) is 0 Å². The molecule has 0 aliphatic carbocycles. The van der Waals surface area contributed by atoms with Crippen LogP contribution >= 0.6 is 11.8 Å². The number of ether oxygens (including phenoxy) is 1. The summed E-state index contributed by atoms with van der Waals surface area (Å²) in [5.41, 5.74) is 2.91. The minimum Gasteiger partial charge on any atom is -0.376 e. The number of para-hydroxylation sites is 2. The van der Waals surface area contributed by atoms with Gasteiger partial charge in [0.05, 0.1) is 12.6 Å². The number of hydrogen-bond donors (Lipinski definition) is 2. The third-order valence-electron chi connectivity index (χ3n) is 5.58. The number of carbonyl (C=O) groups excluding carboxylic acids is 1. The summed E-state index contributed by atoms with van der Waals surface area (Å²) in [6.07, 6.45) is 4.67. The van der Waals surface area contributed by atoms with Gasteiger partial charge in [0.25, 0.3) is 0 Å². The monoisotopic (exact) mass is 447 g/mol. The molecule has 1 aliphatic rings. The highest BCUT2D eigenvalue weighted by Crippen LogP contribution is 2.31. The minimum atomic E-state index is -0.00857. The second-order valence-electron chi connectivity index (χ2n) is 7.81. The fraction of sp³-hybridized carbons (Fsp3) is 0.292. The van der Waals surface area contributed by atoms with Gasteiger partial charge in [-0.3, -0.25) is 9.36 Å². The molecule has 164 valence electrons. The van der Waals surface area contributed by atoms with Gasteiger partial charge in [-0.1, -0.05) is 48.2 Å². The topological polar surface area (TPSA) is 84.8 Å². The molecule has 2 aromatic heterocycles. The van der Waals surface area contributed by atoms with Gasteiger partial charge in [0.2, 0.25) is 5.91 Å². The van der Waals surface area contributed by atoms with Crippen LogP contribution in [0.3, 0.4) is 0 Å². The number of carbonyl (C=O) groups is 1. The number of H-pyrrole nitrogens is 1. The average Bonchev–Trinajstić information content (AvgIpc) is 3.56. The normalized spacial score (nSPS) is 15.9. The zero-order valence-corrected chi connectivity index (χ0v) is 18.5. The highest BCUT2D eigenvalue weighted by molar-refractivity contribution is 7.99. The highest BCUT2D eigenvalue weighted by atomic mass is 32.2. The third-order valence-corrected chi connectivity index (χ3v) is 6.54. The number of aromatic amines is 1. The molecular weight excluding hydrogens is 422 g/mol. The molecule has 0 radical (unpaired) electrons. The number of nitrogens with one attached hydrogen (secondary N) is 2. The summed E-state index contributed by atoms with van der Waals surface area (Å²) in [4.78, 5) is 15.6. The number of amides is 1. The van der Waals surface area contributed by atoms with Crippen LogP contribution in [-0.2, 0) is 16.1 Å². The van der Waals surface area contributed by atoms with Gasteiger partial charge in [-0.05, 0) is 31.0 Å². The van der Waals surface area contributed by atoms with Crippen molar-refractivity contribution in [2.45, 2.75) is 37.1 Å². The number of benzene rings is 2. The van der Waals surface area contributed by atoms with Crippen molar-refractivity contribution in [3.8, 4) is 11.4 Å². The van der Waals surface area contributed by atoms with Crippen LogP contribution in [0.15, 0.2) is 66.0 Å². The van der Waals surface area contributed by atoms with Crippen molar-refractivity contribution < 1.29 is 9.53 Å². The molecule has 0 saturated carbocycles. The van der Waals surface area contributed by atoms with Crippen molar-refractivity contribution in [1.82, 2.24) is 19.7 Å². The molecule has 1 fully saturated rings. The first-order valence-corrected chi connectivity index (χ1v) is 11.9. The van der Waals surface area contributed by atoms with E-state index >= 15 is 0 Å². The number of fused-ring (bicyclic) bond motifs is 1. The van der Waals surface area contributed by atoms with E-state index in [2.05, 4.69) is 37.2 Å². The molecule has 1 amide bonds. The number of aromatic nitrogens is 4. The highest BCUT2D eigenvalue weighted by Gasteiger charge is 2.23. The van der Waals surface area contributed by atoms with E-state index in [1.807, 2.05) is 48.7 Å². The number of rotatable bonds is 8. The van der Waals surface area contributed by atoms with Gasteiger partial charge in [0, 0.05) is 47.1 Å². The average molecular weight is 448 g/mol. The molecule has 32 heavy (non-hydrogen) atoms. The van der Waals surface area contributed by atoms with E-state index < -0.39 is 0 Å². The maximum atomic E-state index is 12.3. The standard InChI is InChI=1S/C24H25N5O2S/c30-22(26-17-7-2-1-3-8-17)12-14-32-24-28-27-23(29(24)16-18-9-6-13-31-18)20-15-25-21-11-5-4-10-19(20)21/h1-5,7-8,10-11,15,18,25H,6,9,12-14,16H2,(H,26,30). The molecule has 2 aromatic carbocycles. The number of thioether (sulfide) groups is 1. The molecular formula is C24H25N5O2S. The zero-order valence-electron chi connectivity index (χ0n) is 17.7. The molecule has 1 saturated heterocycles. The molecule has 0 bridgehead atoms. The van der Waals surface area contributed by atoms with E-state index in [0.717, 1.165) is 52.6 Å². The second-order valence-corrected chi connectivity index (χ2v) is 8.87. The van der Waals surface area contributed by atoms with Crippen molar-refractivity contribution in [1.29, 1.82) is 0 Å². The smallest absolute Gasteiger partial charge is 0.225 e. The van der Waals surface area contributed by atoms with Crippen LogP contribution in [0.4, 0.5) is 5.69 Å². The SMILES string of the molecule is O=C(CCSc1nnc(-c2c[nH]c3ccccc23)n1CC1CCCO1)Nc1ccccc1. The van der Waals surface area contributed by atoms with E-state index in [0.29, 0.717) is 18.7 Å². The summed E-state index contributed by atoms with van der Waals surface area (Å²) in [6.45, 7) is 1.51. The Hall–Kier alpha value is -3.10. The Morgan fingerprint density at radius 3 is 2.84 bits per heavy atom. The van der Waals surface area contributed by atoms with E-state index in [9.17, 15) is 4.79 Å². The molecule has 1 atom stereocenters. The van der Waals surface area contributed by atoms with Crippen molar-refractivity contribution in [2.75, 3.05) is 17.7 Å². The lowest BCUT2D eigenvalue weighted by Gasteiger charge is -2.14. The summed E-state index contributed by atoms with van der Waals surface area (Å²) in [6, 6.07) is 17.7. The Morgan fingerprint density at radius 2 is 2.00 bits per heavy atom. The number of nitrogens with zero attached hydrogens (tertiary/aromatic N) is 3. The molecule has 8 heteroatoms. The molecule has 3 heterocycles. The first-order valence-electron chi connectivity index (χ1n) is 10.9. The van der Waals surface area contributed by atoms with Crippen molar-refractivity contribution in [3.05, 3.63) is 60.8 Å². The van der Waals surface area contributed by atoms with E-state index in [-0.39, 0.29) is 12.0 Å². The summed E-state index contributed by atoms with van der Waals surface area (Å²) in [5, 5.41) is 13.9. The summed E-state index contributed by atoms with van der Waals surface area (Å²) >= 11 is 1.56. The number of anilines is 1. The summed E-state index contributed by atoms with van der Waals surface area (Å²) in [7, 11) is 0. The van der Waals surface area contributed by atoms with Crippen LogP contribution in [0.5, 0.6) is 0 Å². The molecule has 0 spiro atoms. The Morgan fingerprint density at radius 1 is 1.16 bits per heavy atom. The van der Waals surface area contributed by atoms with Gasteiger partial charge in [0.1, 0.15) is 0 Å². The van der Waals surface area contributed by atoms with E-state index in [4.69, 9.17) is 4.74 Å². The molecule has 5 rings (SSSR count). The fourth-order valence-corrected chi connectivity index (χ4v) is 4.87. The summed E-state index contributed by atoms with van der Waals surface area (Å²) in [5.74, 6) is 1.44. The first kappa shape index (κ1) is 20.8. The Balaban J connectivity index is 1.33. The van der Waals surface area contributed by atoms with Crippen LogP contribution in [0.1, 0.15) is 19.3 Å². The molecule has 1 aliphatic heterocycles. The third kappa shape index (κ3) is 4.56. The fourth-order valence-electron chi connectivity index (χ4n) is 3.99. The quantitative estimate of drug-likeness (QED) is 0.382. The number of hydrogen-bond acceptors (Lipinski definition) is 5. The van der Waals surface area contributed by atoms with E-state index in [1.54, 1.807) is 11.8 Å².